The van der Waals surface area contributed by atoms with Crippen LogP contribution in [0.4, 0.5) is 8.78 Å². The van der Waals surface area contributed by atoms with Crippen molar-refractivity contribution in [1.82, 2.24) is 10.2 Å². The summed E-state index contributed by atoms with van der Waals surface area (Å²) in [7, 11) is 0. The van der Waals surface area contributed by atoms with Crippen molar-refractivity contribution < 1.29 is 18.3 Å². The molecule has 0 spiro atoms. The number of nitrogens with one attached hydrogen (secondary N) is 1. The van der Waals surface area contributed by atoms with E-state index in [1.807, 2.05) is 13.8 Å². The zero-order chi connectivity index (χ0) is 12.8. The van der Waals surface area contributed by atoms with E-state index in [1.54, 1.807) is 4.90 Å². The third-order valence-corrected chi connectivity index (χ3v) is 2.79. The normalized spacial score (nSPS) is 25.0. The Kier molecular flexibility index (Phi) is 5.77. The molecule has 1 saturated heterocycles. The van der Waals surface area contributed by atoms with Crippen molar-refractivity contribution in [3.63, 3.8) is 0 Å². The monoisotopic (exact) mass is 250 g/mol. The molecule has 0 aromatic rings. The first-order chi connectivity index (χ1) is 8.06. The number of amides is 1. The Morgan fingerprint density at radius 3 is 2.82 bits per heavy atom. The second kappa shape index (κ2) is 6.86. The Morgan fingerprint density at radius 2 is 2.24 bits per heavy atom. The first-order valence-corrected chi connectivity index (χ1v) is 5.98. The van der Waals surface area contributed by atoms with Crippen molar-refractivity contribution in [2.24, 2.45) is 0 Å². The smallest absolute Gasteiger partial charge is 0.261 e. The van der Waals surface area contributed by atoms with Crippen LogP contribution < -0.4 is 5.32 Å². The summed E-state index contributed by atoms with van der Waals surface area (Å²) >= 11 is 0. The van der Waals surface area contributed by atoms with Crippen molar-refractivity contribution in [3.8, 4) is 0 Å². The van der Waals surface area contributed by atoms with Crippen molar-refractivity contribution in [3.05, 3.63) is 0 Å². The SMILES string of the molecule is CCCC1NC(C)N(CCOCC(F)F)C1=O. The lowest BCUT2D eigenvalue weighted by molar-refractivity contribution is -0.130. The highest BCUT2D eigenvalue weighted by Crippen LogP contribution is 2.13. The molecule has 0 bridgehead atoms. The molecule has 1 aliphatic rings. The van der Waals surface area contributed by atoms with Gasteiger partial charge in [-0.2, -0.15) is 0 Å². The third kappa shape index (κ3) is 4.20. The van der Waals surface area contributed by atoms with Gasteiger partial charge in [0.1, 0.15) is 6.61 Å². The summed E-state index contributed by atoms with van der Waals surface area (Å²) in [5.41, 5.74) is 0. The number of halogens is 2. The lowest BCUT2D eigenvalue weighted by Crippen LogP contribution is -2.37. The molecule has 0 aromatic carbocycles. The maximum Gasteiger partial charge on any atom is 0.261 e. The molecule has 0 aromatic heterocycles. The molecule has 1 N–H and O–H groups in total. The van der Waals surface area contributed by atoms with E-state index in [0.29, 0.717) is 6.54 Å². The summed E-state index contributed by atoms with van der Waals surface area (Å²) in [6.45, 7) is 3.86. The van der Waals surface area contributed by atoms with Crippen LogP contribution in [0.15, 0.2) is 0 Å². The van der Waals surface area contributed by atoms with E-state index in [2.05, 4.69) is 5.32 Å². The molecular weight excluding hydrogens is 230 g/mol. The minimum absolute atomic E-state index is 0.0417. The van der Waals surface area contributed by atoms with Crippen molar-refractivity contribution in [1.29, 1.82) is 0 Å². The highest BCUT2D eigenvalue weighted by Gasteiger charge is 2.35. The third-order valence-electron chi connectivity index (χ3n) is 2.79. The van der Waals surface area contributed by atoms with E-state index < -0.39 is 13.0 Å². The first kappa shape index (κ1) is 14.3. The molecule has 1 aliphatic heterocycles. The van der Waals surface area contributed by atoms with Crippen LogP contribution in [0.3, 0.4) is 0 Å². The van der Waals surface area contributed by atoms with E-state index in [9.17, 15) is 13.6 Å². The Morgan fingerprint density at radius 1 is 1.53 bits per heavy atom. The number of nitrogens with zero attached hydrogens (tertiary/aromatic N) is 1. The van der Waals surface area contributed by atoms with Crippen molar-refractivity contribution >= 4 is 5.91 Å². The molecule has 100 valence electrons. The average Bonchev–Trinajstić information content (AvgIpc) is 2.51. The predicted molar refractivity (Wildman–Crippen MR) is 59.8 cm³/mol. The highest BCUT2D eigenvalue weighted by atomic mass is 19.3. The summed E-state index contributed by atoms with van der Waals surface area (Å²) in [6.07, 6.45) is -0.759. The molecule has 2 atom stereocenters. The molecule has 1 heterocycles. The predicted octanol–water partition coefficient (Wildman–Crippen LogP) is 1.21. The quantitative estimate of drug-likeness (QED) is 0.691. The van der Waals surface area contributed by atoms with E-state index in [4.69, 9.17) is 4.74 Å². The Balaban J connectivity index is 2.30. The number of rotatable bonds is 7. The summed E-state index contributed by atoms with van der Waals surface area (Å²) in [5.74, 6) is 0.0417. The zero-order valence-electron chi connectivity index (χ0n) is 10.3. The fourth-order valence-corrected chi connectivity index (χ4v) is 1.98. The highest BCUT2D eigenvalue weighted by molar-refractivity contribution is 5.84. The van der Waals surface area contributed by atoms with E-state index in [0.717, 1.165) is 12.8 Å². The number of ether oxygens (including phenoxy) is 1. The number of carbonyl (C=O) groups excluding carboxylic acids is 1. The summed E-state index contributed by atoms with van der Waals surface area (Å²) in [4.78, 5) is 13.5. The molecule has 0 aliphatic carbocycles. The largest absolute Gasteiger partial charge is 0.374 e. The van der Waals surface area contributed by atoms with Gasteiger partial charge in [-0.25, -0.2) is 8.78 Å². The van der Waals surface area contributed by atoms with Crippen LogP contribution in [-0.4, -0.2) is 49.2 Å². The van der Waals surface area contributed by atoms with Gasteiger partial charge in [0.05, 0.1) is 18.8 Å². The fraction of sp³-hybridized carbons (Fsp3) is 0.909. The molecule has 0 saturated carbocycles. The lowest BCUT2D eigenvalue weighted by atomic mass is 10.2. The molecule has 0 radical (unpaired) electrons. The molecule has 1 rings (SSSR count). The van der Waals surface area contributed by atoms with Crippen LogP contribution in [-0.2, 0) is 9.53 Å². The van der Waals surface area contributed by atoms with Gasteiger partial charge in [-0.05, 0) is 13.3 Å². The van der Waals surface area contributed by atoms with Crippen LogP contribution in [0.25, 0.3) is 0 Å². The van der Waals surface area contributed by atoms with Gasteiger partial charge >= 0.3 is 0 Å². The standard InChI is InChI=1S/C11H20F2N2O2/c1-3-4-9-11(16)15(8(2)14-9)5-6-17-7-10(12)13/h8-10,14H,3-7H2,1-2H3. The molecule has 2 unspecified atom stereocenters. The van der Waals surface area contributed by atoms with E-state index in [-0.39, 0.29) is 24.7 Å². The van der Waals surface area contributed by atoms with E-state index in [1.165, 1.54) is 0 Å². The Bertz CT molecular complexity index is 252. The number of carbonyl (C=O) groups is 1. The van der Waals surface area contributed by atoms with Crippen molar-refractivity contribution in [2.75, 3.05) is 19.8 Å². The minimum Gasteiger partial charge on any atom is -0.374 e. The van der Waals surface area contributed by atoms with Crippen LogP contribution in [0.1, 0.15) is 26.7 Å². The first-order valence-electron chi connectivity index (χ1n) is 5.98. The van der Waals surface area contributed by atoms with Gasteiger partial charge < -0.3 is 9.64 Å². The summed E-state index contributed by atoms with van der Waals surface area (Å²) in [5, 5.41) is 3.18. The van der Waals surface area contributed by atoms with Crippen molar-refractivity contribution in [2.45, 2.75) is 45.3 Å². The molecular formula is C11H20F2N2O2. The van der Waals surface area contributed by atoms with Gasteiger partial charge in [0, 0.05) is 6.54 Å². The fourth-order valence-electron chi connectivity index (χ4n) is 1.98. The summed E-state index contributed by atoms with van der Waals surface area (Å²) < 4.78 is 28.4. The van der Waals surface area contributed by atoms with Gasteiger partial charge in [-0.15, -0.1) is 0 Å². The Hall–Kier alpha value is -0.750. The number of hydrogen-bond donors (Lipinski definition) is 1. The lowest BCUT2D eigenvalue weighted by Gasteiger charge is -2.20. The zero-order valence-corrected chi connectivity index (χ0v) is 10.3. The van der Waals surface area contributed by atoms with Gasteiger partial charge in [-0.1, -0.05) is 13.3 Å². The van der Waals surface area contributed by atoms with Gasteiger partial charge in [0.15, 0.2) is 0 Å². The second-order valence-electron chi connectivity index (χ2n) is 4.18. The average molecular weight is 250 g/mol. The maximum absolute atomic E-state index is 11.9. The van der Waals surface area contributed by atoms with Gasteiger partial charge in [-0.3, -0.25) is 10.1 Å². The van der Waals surface area contributed by atoms with Crippen LogP contribution in [0.2, 0.25) is 0 Å². The maximum atomic E-state index is 11.9. The topological polar surface area (TPSA) is 41.6 Å². The molecule has 1 amide bonds. The van der Waals surface area contributed by atoms with Crippen LogP contribution in [0.5, 0.6) is 0 Å². The summed E-state index contributed by atoms with van der Waals surface area (Å²) in [6, 6.07) is -0.134. The molecule has 6 heteroatoms. The molecule has 4 nitrogen and oxygen atoms in total. The van der Waals surface area contributed by atoms with E-state index >= 15 is 0 Å². The van der Waals surface area contributed by atoms with Gasteiger partial charge in [0.2, 0.25) is 5.91 Å². The number of alkyl halides is 2. The number of hydrogen-bond acceptors (Lipinski definition) is 3. The van der Waals surface area contributed by atoms with Crippen LogP contribution >= 0.6 is 0 Å². The Labute approximate surface area is 100 Å². The molecule has 17 heavy (non-hydrogen) atoms. The van der Waals surface area contributed by atoms with Crippen LogP contribution in [0, 0.1) is 0 Å². The second-order valence-corrected chi connectivity index (χ2v) is 4.18. The van der Waals surface area contributed by atoms with Gasteiger partial charge in [0.25, 0.3) is 6.43 Å². The molecule has 1 fully saturated rings. The minimum atomic E-state index is -2.45.